The van der Waals surface area contributed by atoms with Gasteiger partial charge in [-0.2, -0.15) is 4.98 Å². The molecule has 1 unspecified atom stereocenters. The van der Waals surface area contributed by atoms with Crippen molar-refractivity contribution in [2.24, 2.45) is 0 Å². The van der Waals surface area contributed by atoms with Crippen molar-refractivity contribution in [1.82, 2.24) is 9.97 Å². The molecule has 0 bridgehead atoms. The summed E-state index contributed by atoms with van der Waals surface area (Å²) in [6.45, 7) is 2.90. The molecule has 1 aliphatic heterocycles. The van der Waals surface area contributed by atoms with Gasteiger partial charge >= 0.3 is 0 Å². The number of aromatic nitrogens is 2. The average molecular weight is 265 g/mol. The molecule has 3 heterocycles. The number of benzene rings is 1. The van der Waals surface area contributed by atoms with E-state index >= 15 is 0 Å². The Bertz CT molecular complexity index is 778. The van der Waals surface area contributed by atoms with E-state index in [2.05, 4.69) is 33.5 Å². The Balaban J connectivity index is 1.84. The molecule has 2 aromatic heterocycles. The van der Waals surface area contributed by atoms with E-state index < -0.39 is 0 Å². The first-order chi connectivity index (χ1) is 9.81. The summed E-state index contributed by atoms with van der Waals surface area (Å²) < 4.78 is 5.92. The van der Waals surface area contributed by atoms with E-state index in [9.17, 15) is 0 Å². The highest BCUT2D eigenvalue weighted by atomic mass is 16.3. The van der Waals surface area contributed by atoms with Crippen molar-refractivity contribution in [3.05, 3.63) is 53.5 Å². The number of anilines is 1. The number of nitrogens with zero attached hydrogens (tertiary/aromatic N) is 2. The Kier molecular flexibility index (Phi) is 2.49. The van der Waals surface area contributed by atoms with Crippen LogP contribution in [0, 0.1) is 6.92 Å². The molecule has 0 fully saturated rings. The number of pyridine rings is 1. The first-order valence-electron chi connectivity index (χ1n) is 6.88. The summed E-state index contributed by atoms with van der Waals surface area (Å²) >= 11 is 0. The molecule has 1 aliphatic rings. The van der Waals surface area contributed by atoms with E-state index in [1.165, 1.54) is 11.3 Å². The summed E-state index contributed by atoms with van der Waals surface area (Å²) in [5, 5.41) is 3.42. The average Bonchev–Trinajstić information content (AvgIpc) is 2.89. The van der Waals surface area contributed by atoms with Crippen LogP contribution >= 0.6 is 0 Å². The van der Waals surface area contributed by atoms with Gasteiger partial charge in [0, 0.05) is 17.9 Å². The van der Waals surface area contributed by atoms with Gasteiger partial charge in [0.1, 0.15) is 0 Å². The van der Waals surface area contributed by atoms with Crippen LogP contribution in [0.3, 0.4) is 0 Å². The van der Waals surface area contributed by atoms with Crippen LogP contribution in [-0.4, -0.2) is 16.5 Å². The number of aryl methyl sites for hydroxylation is 1. The minimum Gasteiger partial charge on any atom is -0.438 e. The lowest BCUT2D eigenvalue weighted by Gasteiger charge is -2.24. The number of fused-ring (bicyclic) bond motifs is 2. The van der Waals surface area contributed by atoms with Crippen molar-refractivity contribution in [2.75, 3.05) is 11.9 Å². The Labute approximate surface area is 116 Å². The highest BCUT2D eigenvalue weighted by Crippen LogP contribution is 2.36. The predicted molar refractivity (Wildman–Crippen MR) is 77.9 cm³/mol. The van der Waals surface area contributed by atoms with Gasteiger partial charge in [-0.3, -0.25) is 0 Å². The molecule has 1 N–H and O–H groups in total. The van der Waals surface area contributed by atoms with Crippen LogP contribution in [0.25, 0.3) is 11.2 Å². The normalized spacial score (nSPS) is 17.8. The molecule has 0 saturated carbocycles. The topological polar surface area (TPSA) is 51.0 Å². The summed E-state index contributed by atoms with van der Waals surface area (Å²) in [6.07, 6.45) is 0.989. The van der Waals surface area contributed by atoms with Crippen molar-refractivity contribution >= 4 is 16.9 Å². The van der Waals surface area contributed by atoms with Gasteiger partial charge in [0.15, 0.2) is 11.2 Å². The first kappa shape index (κ1) is 11.5. The number of hydrogen-bond acceptors (Lipinski definition) is 4. The second kappa shape index (κ2) is 4.34. The zero-order valence-electron chi connectivity index (χ0n) is 11.3. The summed E-state index contributed by atoms with van der Waals surface area (Å²) in [7, 11) is 0. The number of oxazole rings is 1. The lowest BCUT2D eigenvalue weighted by atomic mass is 9.91. The van der Waals surface area contributed by atoms with E-state index in [4.69, 9.17) is 4.42 Å². The van der Waals surface area contributed by atoms with Crippen LogP contribution < -0.4 is 5.32 Å². The third-order valence-electron chi connectivity index (χ3n) is 3.79. The molecule has 0 amide bonds. The van der Waals surface area contributed by atoms with Crippen molar-refractivity contribution in [2.45, 2.75) is 19.3 Å². The van der Waals surface area contributed by atoms with Crippen LogP contribution in [0.15, 0.2) is 40.8 Å². The highest BCUT2D eigenvalue weighted by Gasteiger charge is 2.25. The van der Waals surface area contributed by atoms with Gasteiger partial charge in [-0.05, 0) is 37.1 Å². The van der Waals surface area contributed by atoms with E-state index in [-0.39, 0.29) is 5.92 Å². The first-order valence-corrected chi connectivity index (χ1v) is 6.88. The lowest BCUT2D eigenvalue weighted by Crippen LogP contribution is -2.17. The number of para-hydroxylation sites is 1. The van der Waals surface area contributed by atoms with Crippen LogP contribution in [0.2, 0.25) is 0 Å². The van der Waals surface area contributed by atoms with Crippen LogP contribution in [0.4, 0.5) is 5.69 Å². The molecule has 100 valence electrons. The Hall–Kier alpha value is -2.36. The Morgan fingerprint density at radius 2 is 2.05 bits per heavy atom. The smallest absolute Gasteiger partial charge is 0.204 e. The molecule has 4 heteroatoms. The third-order valence-corrected chi connectivity index (χ3v) is 3.79. The van der Waals surface area contributed by atoms with Gasteiger partial charge in [0.2, 0.25) is 5.89 Å². The second-order valence-corrected chi connectivity index (χ2v) is 5.18. The third kappa shape index (κ3) is 1.76. The number of nitrogens with one attached hydrogen (secondary N) is 1. The van der Waals surface area contributed by atoms with Gasteiger partial charge in [-0.15, -0.1) is 0 Å². The molecule has 0 radical (unpaired) electrons. The van der Waals surface area contributed by atoms with Crippen molar-refractivity contribution in [1.29, 1.82) is 0 Å². The fraction of sp³-hybridized carbons (Fsp3) is 0.250. The number of rotatable bonds is 1. The molecule has 1 aromatic carbocycles. The van der Waals surface area contributed by atoms with E-state index in [1.54, 1.807) is 0 Å². The maximum absolute atomic E-state index is 5.92. The Morgan fingerprint density at radius 1 is 1.15 bits per heavy atom. The molecular formula is C16H15N3O. The maximum Gasteiger partial charge on any atom is 0.204 e. The highest BCUT2D eigenvalue weighted by molar-refractivity contribution is 5.68. The standard InChI is InChI=1S/C16H15N3O/c1-10-6-7-14-15(18-10)19-16(20-14)12-8-9-17-13-5-3-2-4-11(12)13/h2-7,12,17H,8-9H2,1H3. The van der Waals surface area contributed by atoms with Gasteiger partial charge in [-0.1, -0.05) is 18.2 Å². The van der Waals surface area contributed by atoms with Crippen molar-refractivity contribution < 1.29 is 4.42 Å². The monoisotopic (exact) mass is 265 g/mol. The van der Waals surface area contributed by atoms with Crippen molar-refractivity contribution in [3.63, 3.8) is 0 Å². The minimum absolute atomic E-state index is 0.210. The zero-order valence-corrected chi connectivity index (χ0v) is 11.3. The second-order valence-electron chi connectivity index (χ2n) is 5.18. The molecule has 1 atom stereocenters. The molecule has 0 spiro atoms. The quantitative estimate of drug-likeness (QED) is 0.732. The van der Waals surface area contributed by atoms with Gasteiger partial charge in [0.05, 0.1) is 5.92 Å². The fourth-order valence-electron chi connectivity index (χ4n) is 2.80. The lowest BCUT2D eigenvalue weighted by molar-refractivity contribution is 0.485. The van der Waals surface area contributed by atoms with Crippen LogP contribution in [0.5, 0.6) is 0 Å². The summed E-state index contributed by atoms with van der Waals surface area (Å²) in [4.78, 5) is 9.02. The van der Waals surface area contributed by atoms with Gasteiger partial charge < -0.3 is 9.73 Å². The maximum atomic E-state index is 5.92. The zero-order chi connectivity index (χ0) is 13.5. The summed E-state index contributed by atoms with van der Waals surface area (Å²) in [5.74, 6) is 0.981. The molecule has 3 aromatic rings. The predicted octanol–water partition coefficient (Wildman–Crippen LogP) is 3.48. The molecule has 0 saturated heterocycles. The Morgan fingerprint density at radius 3 is 3.00 bits per heavy atom. The van der Waals surface area contributed by atoms with Gasteiger partial charge in [-0.25, -0.2) is 4.98 Å². The van der Waals surface area contributed by atoms with Crippen LogP contribution in [-0.2, 0) is 0 Å². The van der Waals surface area contributed by atoms with Gasteiger partial charge in [0.25, 0.3) is 0 Å². The van der Waals surface area contributed by atoms with Crippen LogP contribution in [0.1, 0.15) is 29.5 Å². The largest absolute Gasteiger partial charge is 0.438 e. The molecule has 4 nitrogen and oxygen atoms in total. The van der Waals surface area contributed by atoms with E-state index in [0.717, 1.165) is 30.1 Å². The SMILES string of the molecule is Cc1ccc2oc(C3CCNc4ccccc43)nc2n1. The molecule has 20 heavy (non-hydrogen) atoms. The number of hydrogen-bond donors (Lipinski definition) is 1. The molecular weight excluding hydrogens is 250 g/mol. The molecule has 4 rings (SSSR count). The fourth-order valence-corrected chi connectivity index (χ4v) is 2.80. The minimum atomic E-state index is 0.210. The molecule has 0 aliphatic carbocycles. The van der Waals surface area contributed by atoms with Crippen molar-refractivity contribution in [3.8, 4) is 0 Å². The summed E-state index contributed by atoms with van der Waals surface area (Å²) in [6, 6.07) is 12.2. The van der Waals surface area contributed by atoms with E-state index in [1.807, 2.05) is 25.1 Å². The summed E-state index contributed by atoms with van der Waals surface area (Å²) in [5.41, 5.74) is 4.86. The van der Waals surface area contributed by atoms with E-state index in [0.29, 0.717) is 5.65 Å².